The Bertz CT molecular complexity index is 962. The normalized spacial score (nSPS) is 23.3. The van der Waals surface area contributed by atoms with Crippen LogP contribution in [0.15, 0.2) is 41.9 Å². The molecule has 170 valence electrons. The number of hydrogen-bond acceptors (Lipinski definition) is 8. The summed E-state index contributed by atoms with van der Waals surface area (Å²) in [5.41, 5.74) is 3.45. The van der Waals surface area contributed by atoms with Gasteiger partial charge in [0.15, 0.2) is 0 Å². The van der Waals surface area contributed by atoms with E-state index in [4.69, 9.17) is 4.74 Å². The van der Waals surface area contributed by atoms with Crippen LogP contribution in [0.5, 0.6) is 0 Å². The van der Waals surface area contributed by atoms with E-state index in [9.17, 15) is 9.59 Å². The summed E-state index contributed by atoms with van der Waals surface area (Å²) in [6, 6.07) is 8.56. The summed E-state index contributed by atoms with van der Waals surface area (Å²) in [7, 11) is 1.97. The maximum absolute atomic E-state index is 12.0. The zero-order chi connectivity index (χ0) is 22.6. The number of nitrogens with zero attached hydrogens (tertiary/aromatic N) is 5. The van der Waals surface area contributed by atoms with Crippen molar-refractivity contribution in [1.29, 1.82) is 0 Å². The van der Waals surface area contributed by atoms with E-state index in [1.165, 1.54) is 5.56 Å². The molecule has 9 heteroatoms. The molecule has 32 heavy (non-hydrogen) atoms. The highest BCUT2D eigenvalue weighted by molar-refractivity contribution is 5.90. The highest BCUT2D eigenvalue weighted by atomic mass is 16.5. The second-order valence-corrected chi connectivity index (χ2v) is 8.88. The van der Waals surface area contributed by atoms with Gasteiger partial charge in [-0.1, -0.05) is 12.1 Å². The molecule has 1 aliphatic carbocycles. The van der Waals surface area contributed by atoms with Crippen LogP contribution in [-0.4, -0.2) is 63.6 Å². The van der Waals surface area contributed by atoms with Crippen molar-refractivity contribution in [2.24, 2.45) is 5.41 Å². The Labute approximate surface area is 187 Å². The zero-order valence-electron chi connectivity index (χ0n) is 18.7. The lowest BCUT2D eigenvalue weighted by Gasteiger charge is -2.37. The van der Waals surface area contributed by atoms with Gasteiger partial charge < -0.3 is 19.7 Å². The van der Waals surface area contributed by atoms with Gasteiger partial charge in [-0.15, -0.1) is 5.10 Å². The van der Waals surface area contributed by atoms with E-state index in [1.54, 1.807) is 17.9 Å². The molecule has 1 aromatic carbocycles. The van der Waals surface area contributed by atoms with Gasteiger partial charge in [-0.05, 0) is 67.2 Å². The Balaban J connectivity index is 1.24. The third-order valence-corrected chi connectivity index (χ3v) is 6.86. The number of esters is 1. The first kappa shape index (κ1) is 22.1. The molecule has 9 nitrogen and oxygen atoms in total. The number of hydrogen-bond donors (Lipinski definition) is 1. The first-order valence-electron chi connectivity index (χ1n) is 11.1. The van der Waals surface area contributed by atoms with Crippen molar-refractivity contribution in [3.8, 4) is 5.69 Å². The summed E-state index contributed by atoms with van der Waals surface area (Å²) in [6.45, 7) is 3.66. The maximum Gasteiger partial charge on any atom is 0.335 e. The summed E-state index contributed by atoms with van der Waals surface area (Å²) in [5.74, 6) is -0.242. The van der Waals surface area contributed by atoms with Crippen molar-refractivity contribution >= 4 is 12.3 Å². The molecule has 1 fully saturated rings. The second-order valence-electron chi connectivity index (χ2n) is 8.88. The van der Waals surface area contributed by atoms with Crippen LogP contribution in [0.3, 0.4) is 0 Å². The van der Waals surface area contributed by atoms with Gasteiger partial charge in [-0.2, -0.15) is 0 Å². The van der Waals surface area contributed by atoms with E-state index >= 15 is 0 Å². The van der Waals surface area contributed by atoms with Crippen molar-refractivity contribution in [3.05, 3.63) is 47.4 Å². The van der Waals surface area contributed by atoms with Crippen LogP contribution in [0, 0.1) is 5.41 Å². The van der Waals surface area contributed by atoms with Crippen LogP contribution in [-0.2, 0) is 20.9 Å². The zero-order valence-corrected chi connectivity index (χ0v) is 18.7. The summed E-state index contributed by atoms with van der Waals surface area (Å²) < 4.78 is 6.73. The maximum atomic E-state index is 12.0. The van der Waals surface area contributed by atoms with Crippen molar-refractivity contribution in [2.75, 3.05) is 20.2 Å². The number of carbonyl (C=O) groups excluding carboxylic acids is 2. The van der Waals surface area contributed by atoms with Gasteiger partial charge in [-0.3, -0.25) is 0 Å². The van der Waals surface area contributed by atoms with Crippen molar-refractivity contribution in [1.82, 2.24) is 30.4 Å². The molecule has 0 amide bonds. The van der Waals surface area contributed by atoms with Crippen LogP contribution < -0.4 is 5.32 Å². The molecule has 0 atom stereocenters. The molecule has 0 spiro atoms. The number of aromatic nitrogens is 4. The van der Waals surface area contributed by atoms with Crippen LogP contribution in [0.25, 0.3) is 5.69 Å². The number of cyclic esters (lactones) is 1. The largest absolute Gasteiger partial charge is 0.456 e. The van der Waals surface area contributed by atoms with Crippen molar-refractivity contribution in [2.45, 2.75) is 51.6 Å². The highest BCUT2D eigenvalue weighted by Crippen LogP contribution is 2.38. The van der Waals surface area contributed by atoms with Crippen LogP contribution in [0.2, 0.25) is 0 Å². The van der Waals surface area contributed by atoms with Gasteiger partial charge in [0.25, 0.3) is 0 Å². The standard InChI is InChI=1S/C23H30N6O3/c1-17-21(14-32-22(17)31)28(2)12-11-23(15-30)9-7-19(8-10-23)24-13-18-3-5-20(6-4-18)29-16-25-26-27-29/h3-6,15-16,19,24H,7-14H2,1-2H3. The number of likely N-dealkylation sites (N-methyl/N-ethyl adjacent to an activating group) is 1. The number of aldehydes is 1. The number of rotatable bonds is 9. The minimum absolute atomic E-state index is 0.242. The highest BCUT2D eigenvalue weighted by Gasteiger charge is 2.35. The third-order valence-electron chi connectivity index (χ3n) is 6.86. The Morgan fingerprint density at radius 2 is 2.03 bits per heavy atom. The summed E-state index contributed by atoms with van der Waals surface area (Å²) in [4.78, 5) is 25.7. The molecule has 2 aromatic rings. The lowest BCUT2D eigenvalue weighted by atomic mass is 9.71. The average Bonchev–Trinajstić information content (AvgIpc) is 3.48. The molecule has 1 aromatic heterocycles. The van der Waals surface area contributed by atoms with Crippen LogP contribution in [0.4, 0.5) is 0 Å². The quantitative estimate of drug-likeness (QED) is 0.469. The summed E-state index contributed by atoms with van der Waals surface area (Å²) in [6.07, 6.45) is 7.26. The first-order valence-corrected chi connectivity index (χ1v) is 11.1. The van der Waals surface area contributed by atoms with E-state index in [0.29, 0.717) is 18.2 Å². The fraction of sp³-hybridized carbons (Fsp3) is 0.522. The van der Waals surface area contributed by atoms with Crippen LogP contribution >= 0.6 is 0 Å². The van der Waals surface area contributed by atoms with Crippen molar-refractivity contribution in [3.63, 3.8) is 0 Å². The number of tetrazole rings is 1. The van der Waals surface area contributed by atoms with E-state index in [0.717, 1.165) is 62.9 Å². The van der Waals surface area contributed by atoms with E-state index in [1.807, 2.05) is 19.2 Å². The molecule has 0 bridgehead atoms. The third kappa shape index (κ3) is 4.88. The van der Waals surface area contributed by atoms with E-state index in [2.05, 4.69) is 37.9 Å². The summed E-state index contributed by atoms with van der Waals surface area (Å²) in [5, 5.41) is 14.9. The molecule has 0 unspecified atom stereocenters. The Morgan fingerprint density at radius 1 is 1.28 bits per heavy atom. The molecule has 2 aliphatic rings. The molecule has 0 radical (unpaired) electrons. The number of carbonyl (C=O) groups is 2. The molecule has 2 heterocycles. The van der Waals surface area contributed by atoms with E-state index in [-0.39, 0.29) is 11.4 Å². The first-order chi connectivity index (χ1) is 15.5. The summed E-state index contributed by atoms with van der Waals surface area (Å²) >= 11 is 0. The Kier molecular flexibility index (Phi) is 6.64. The second kappa shape index (κ2) is 9.60. The molecule has 4 rings (SSSR count). The monoisotopic (exact) mass is 438 g/mol. The number of nitrogens with one attached hydrogen (secondary N) is 1. The molecule has 1 saturated carbocycles. The molecular formula is C23H30N6O3. The lowest BCUT2D eigenvalue weighted by Crippen LogP contribution is -2.39. The Hall–Kier alpha value is -3.07. The molecule has 1 N–H and O–H groups in total. The smallest absolute Gasteiger partial charge is 0.335 e. The SMILES string of the molecule is CC1=C(N(C)CCC2(C=O)CCC(NCc3ccc(-n4cnnn4)cc3)CC2)COC1=O. The molecule has 0 saturated heterocycles. The molecular weight excluding hydrogens is 408 g/mol. The van der Waals surface area contributed by atoms with Gasteiger partial charge in [0, 0.05) is 31.6 Å². The van der Waals surface area contributed by atoms with Gasteiger partial charge in [0.1, 0.15) is 19.2 Å². The van der Waals surface area contributed by atoms with Gasteiger partial charge in [0.05, 0.1) is 17.0 Å². The van der Waals surface area contributed by atoms with Gasteiger partial charge in [0.2, 0.25) is 0 Å². The fourth-order valence-electron chi connectivity index (χ4n) is 4.52. The number of ether oxygens (including phenoxy) is 1. The fourth-order valence-corrected chi connectivity index (χ4v) is 4.52. The topological polar surface area (TPSA) is 102 Å². The minimum atomic E-state index is -0.280. The lowest BCUT2D eigenvalue weighted by molar-refractivity contribution is -0.136. The predicted octanol–water partition coefficient (Wildman–Crippen LogP) is 2.03. The minimum Gasteiger partial charge on any atom is -0.456 e. The number of benzene rings is 1. The average molecular weight is 439 g/mol. The Morgan fingerprint density at radius 3 is 2.62 bits per heavy atom. The van der Waals surface area contributed by atoms with Crippen LogP contribution in [0.1, 0.15) is 44.6 Å². The van der Waals surface area contributed by atoms with Crippen molar-refractivity contribution < 1.29 is 14.3 Å². The van der Waals surface area contributed by atoms with Gasteiger partial charge in [-0.25, -0.2) is 9.48 Å². The predicted molar refractivity (Wildman–Crippen MR) is 118 cm³/mol. The van der Waals surface area contributed by atoms with Gasteiger partial charge >= 0.3 is 5.97 Å². The molecule has 1 aliphatic heterocycles. The van der Waals surface area contributed by atoms with E-state index < -0.39 is 0 Å².